The number of carbonyl (C=O) groups excluding carboxylic acids is 3. The van der Waals surface area contributed by atoms with Crippen molar-refractivity contribution in [3.05, 3.63) is 65.2 Å². The Morgan fingerprint density at radius 2 is 1.78 bits per heavy atom. The van der Waals surface area contributed by atoms with Gasteiger partial charge >= 0.3 is 11.9 Å². The summed E-state index contributed by atoms with van der Waals surface area (Å²) >= 11 is 0. The molecule has 1 saturated heterocycles. The minimum atomic E-state index is -0.506. The van der Waals surface area contributed by atoms with E-state index in [0.29, 0.717) is 5.92 Å². The summed E-state index contributed by atoms with van der Waals surface area (Å²) in [6, 6.07) is 14.7. The van der Waals surface area contributed by atoms with Gasteiger partial charge in [0.25, 0.3) is 0 Å². The van der Waals surface area contributed by atoms with E-state index in [1.165, 1.54) is 12.5 Å². The Morgan fingerprint density at radius 3 is 2.53 bits per heavy atom. The van der Waals surface area contributed by atoms with Crippen LogP contribution in [0.15, 0.2) is 48.5 Å². The van der Waals surface area contributed by atoms with Gasteiger partial charge in [-0.05, 0) is 60.8 Å². The number of piperidine rings is 1. The predicted octanol–water partition coefficient (Wildman–Crippen LogP) is 3.92. The van der Waals surface area contributed by atoms with Crippen LogP contribution in [-0.2, 0) is 20.7 Å². The second-order valence-electron chi connectivity index (χ2n) is 8.52. The quantitative estimate of drug-likeness (QED) is 0.391. The maximum Gasteiger partial charge on any atom is 0.343 e. The maximum atomic E-state index is 12.5. The molecule has 0 amide bonds. The maximum absolute atomic E-state index is 12.5. The molecule has 0 N–H and O–H groups in total. The zero-order valence-electron chi connectivity index (χ0n) is 18.2. The largest absolute Gasteiger partial charge is 0.446 e. The van der Waals surface area contributed by atoms with Crippen LogP contribution in [0.3, 0.4) is 0 Å². The molecule has 166 valence electrons. The fourth-order valence-corrected chi connectivity index (χ4v) is 4.75. The molecule has 6 heteroatoms. The van der Waals surface area contributed by atoms with Crippen LogP contribution < -0.4 is 4.74 Å². The minimum Gasteiger partial charge on any atom is -0.446 e. The van der Waals surface area contributed by atoms with Gasteiger partial charge in [-0.3, -0.25) is 9.69 Å². The lowest BCUT2D eigenvalue weighted by molar-refractivity contribution is -0.131. The summed E-state index contributed by atoms with van der Waals surface area (Å²) in [5, 5.41) is 0. The Labute approximate surface area is 187 Å². The highest BCUT2D eigenvalue weighted by Crippen LogP contribution is 2.40. The first-order chi connectivity index (χ1) is 15.5. The molecule has 0 aromatic heterocycles. The van der Waals surface area contributed by atoms with E-state index in [4.69, 9.17) is 9.47 Å². The number of benzene rings is 2. The highest BCUT2D eigenvalue weighted by atomic mass is 16.6. The van der Waals surface area contributed by atoms with E-state index in [1.54, 1.807) is 24.3 Å². The molecule has 0 bridgehead atoms. The average Bonchev–Trinajstić information content (AvgIpc) is 3.15. The third-order valence-electron chi connectivity index (χ3n) is 6.36. The molecule has 1 aliphatic heterocycles. The van der Waals surface area contributed by atoms with Crippen LogP contribution in [0.25, 0.3) is 5.57 Å². The zero-order chi connectivity index (χ0) is 22.5. The monoisotopic (exact) mass is 433 g/mol. The van der Waals surface area contributed by atoms with Crippen LogP contribution in [0.5, 0.6) is 5.75 Å². The number of likely N-dealkylation sites (tertiary alicyclic amines) is 1. The molecule has 2 aliphatic rings. The summed E-state index contributed by atoms with van der Waals surface area (Å²) in [5.41, 5.74) is 3.37. The molecular weight excluding hydrogens is 406 g/mol. The SMILES string of the molecule is CC(=O)Oc1ccccc1C(=O)OCN1CCC(CC2Cc3ccccc3C2=C=O)CC1. The topological polar surface area (TPSA) is 72.9 Å². The van der Waals surface area contributed by atoms with Crippen molar-refractivity contribution in [2.24, 2.45) is 11.8 Å². The van der Waals surface area contributed by atoms with Gasteiger partial charge in [0.1, 0.15) is 24.0 Å². The highest BCUT2D eigenvalue weighted by Gasteiger charge is 2.31. The van der Waals surface area contributed by atoms with E-state index in [2.05, 4.69) is 16.9 Å². The van der Waals surface area contributed by atoms with Crippen molar-refractivity contribution in [3.8, 4) is 5.75 Å². The van der Waals surface area contributed by atoms with Crippen molar-refractivity contribution in [1.82, 2.24) is 4.90 Å². The molecule has 1 unspecified atom stereocenters. The Bertz CT molecular complexity index is 1050. The fourth-order valence-electron chi connectivity index (χ4n) is 4.75. The zero-order valence-corrected chi connectivity index (χ0v) is 18.2. The second-order valence-corrected chi connectivity index (χ2v) is 8.52. The minimum absolute atomic E-state index is 0.203. The number of ether oxygens (including phenoxy) is 2. The third-order valence-corrected chi connectivity index (χ3v) is 6.36. The molecule has 0 spiro atoms. The first kappa shape index (κ1) is 22.0. The van der Waals surface area contributed by atoms with E-state index in [0.717, 1.165) is 49.9 Å². The van der Waals surface area contributed by atoms with Crippen LogP contribution in [0, 0.1) is 11.8 Å². The second kappa shape index (κ2) is 9.94. The number of hydrogen-bond donors (Lipinski definition) is 0. The molecular formula is C26H27NO5. The Morgan fingerprint density at radius 1 is 1.06 bits per heavy atom. The van der Waals surface area contributed by atoms with Crippen LogP contribution in [0.2, 0.25) is 0 Å². The Hall–Kier alpha value is -3.21. The summed E-state index contributed by atoms with van der Waals surface area (Å²) in [6.07, 6.45) is 3.91. The van der Waals surface area contributed by atoms with Gasteiger partial charge in [-0.2, -0.15) is 0 Å². The number of esters is 2. The first-order valence-electron chi connectivity index (χ1n) is 11.1. The lowest BCUT2D eigenvalue weighted by Crippen LogP contribution is -2.36. The van der Waals surface area contributed by atoms with Gasteiger partial charge in [0, 0.05) is 25.6 Å². The van der Waals surface area contributed by atoms with Gasteiger partial charge in [0.15, 0.2) is 0 Å². The third kappa shape index (κ3) is 4.98. The number of carbonyl (C=O) groups is 2. The van der Waals surface area contributed by atoms with Crippen molar-refractivity contribution in [1.29, 1.82) is 0 Å². The Balaban J connectivity index is 1.26. The van der Waals surface area contributed by atoms with Crippen LogP contribution in [0.4, 0.5) is 0 Å². The van der Waals surface area contributed by atoms with Crippen LogP contribution >= 0.6 is 0 Å². The summed E-state index contributed by atoms with van der Waals surface area (Å²) in [5.74, 6) is 2.21. The smallest absolute Gasteiger partial charge is 0.343 e. The van der Waals surface area contributed by atoms with E-state index >= 15 is 0 Å². The van der Waals surface area contributed by atoms with Crippen LogP contribution in [0.1, 0.15) is 47.7 Å². The molecule has 32 heavy (non-hydrogen) atoms. The van der Waals surface area contributed by atoms with Gasteiger partial charge in [-0.25, -0.2) is 9.59 Å². The average molecular weight is 434 g/mol. The van der Waals surface area contributed by atoms with Gasteiger partial charge in [0.05, 0.1) is 0 Å². The molecule has 1 atom stereocenters. The summed E-state index contributed by atoms with van der Waals surface area (Å²) in [6.45, 7) is 3.17. The lowest BCUT2D eigenvalue weighted by Gasteiger charge is -2.32. The van der Waals surface area contributed by atoms with E-state index in [9.17, 15) is 14.4 Å². The molecule has 1 heterocycles. The number of hydrogen-bond acceptors (Lipinski definition) is 6. The molecule has 1 aliphatic carbocycles. The molecule has 0 saturated carbocycles. The first-order valence-corrected chi connectivity index (χ1v) is 11.1. The molecule has 1 fully saturated rings. The number of para-hydroxylation sites is 1. The van der Waals surface area contributed by atoms with Gasteiger partial charge in [0.2, 0.25) is 0 Å². The van der Waals surface area contributed by atoms with E-state index in [-0.39, 0.29) is 24.0 Å². The molecule has 6 nitrogen and oxygen atoms in total. The van der Waals surface area contributed by atoms with E-state index < -0.39 is 11.9 Å². The van der Waals surface area contributed by atoms with Crippen LogP contribution in [-0.4, -0.2) is 42.6 Å². The van der Waals surface area contributed by atoms with Gasteiger partial charge in [-0.1, -0.05) is 36.4 Å². The Kier molecular flexibility index (Phi) is 6.84. The number of allylic oxidation sites excluding steroid dienone is 1. The lowest BCUT2D eigenvalue weighted by atomic mass is 9.84. The summed E-state index contributed by atoms with van der Waals surface area (Å²) in [7, 11) is 0. The number of fused-ring (bicyclic) bond motifs is 1. The normalized spacial score (nSPS) is 18.7. The van der Waals surface area contributed by atoms with Gasteiger partial charge < -0.3 is 9.47 Å². The summed E-state index contributed by atoms with van der Waals surface area (Å²) in [4.78, 5) is 37.4. The fraction of sp³-hybridized carbons (Fsp3) is 0.385. The molecule has 4 rings (SSSR count). The molecule has 0 radical (unpaired) electrons. The standard InChI is InChI=1S/C26H27NO5/c1-18(29)32-25-9-5-4-8-23(25)26(30)31-17-27-12-10-19(11-13-27)14-21-15-20-6-2-3-7-22(20)24(21)16-28/h2-9,19,21H,10-15,17H2,1H3. The van der Waals surface area contributed by atoms with Crippen molar-refractivity contribution in [3.63, 3.8) is 0 Å². The van der Waals surface area contributed by atoms with Gasteiger partial charge in [-0.15, -0.1) is 0 Å². The van der Waals surface area contributed by atoms with E-state index in [1.807, 2.05) is 18.2 Å². The van der Waals surface area contributed by atoms with Crippen molar-refractivity contribution < 1.29 is 23.9 Å². The highest BCUT2D eigenvalue weighted by molar-refractivity contribution is 5.93. The summed E-state index contributed by atoms with van der Waals surface area (Å²) < 4.78 is 10.6. The predicted molar refractivity (Wildman–Crippen MR) is 120 cm³/mol. The number of nitrogens with zero attached hydrogens (tertiary/aromatic N) is 1. The molecule has 2 aromatic rings. The van der Waals surface area contributed by atoms with Crippen molar-refractivity contribution in [2.75, 3.05) is 19.8 Å². The number of rotatable bonds is 6. The molecule has 2 aromatic carbocycles. The van der Waals surface area contributed by atoms with Crippen molar-refractivity contribution in [2.45, 2.75) is 32.6 Å². The van der Waals surface area contributed by atoms with Crippen molar-refractivity contribution >= 4 is 23.5 Å².